The molecule has 0 amide bonds. The van der Waals surface area contributed by atoms with Crippen LogP contribution in [0.5, 0.6) is 0 Å². The Morgan fingerprint density at radius 2 is 2.07 bits per heavy atom. The van der Waals surface area contributed by atoms with E-state index >= 15 is 0 Å². The molecule has 0 aliphatic carbocycles. The molecule has 0 aromatic heterocycles. The number of nitrogens with zero attached hydrogens (tertiary/aromatic N) is 1. The Bertz CT molecular complexity index is 345. The van der Waals surface area contributed by atoms with Gasteiger partial charge < -0.3 is 0 Å². The van der Waals surface area contributed by atoms with E-state index in [9.17, 15) is 0 Å². The third kappa shape index (κ3) is 2.60. The molecule has 0 aliphatic heterocycles. The summed E-state index contributed by atoms with van der Waals surface area (Å²) < 4.78 is 0. The van der Waals surface area contributed by atoms with Crippen LogP contribution in [-0.4, -0.2) is 0 Å². The molecular weight excluding hydrogens is 170 g/mol. The van der Waals surface area contributed by atoms with Gasteiger partial charge in [0.2, 0.25) is 0 Å². The largest absolute Gasteiger partial charge is 0.192 e. The van der Waals surface area contributed by atoms with Crippen LogP contribution in [0.2, 0.25) is 0 Å². The van der Waals surface area contributed by atoms with E-state index in [2.05, 4.69) is 39.0 Å². The maximum Gasteiger partial charge on any atom is 0.0994 e. The number of hydrogen-bond donors (Lipinski definition) is 0. The van der Waals surface area contributed by atoms with Gasteiger partial charge >= 0.3 is 0 Å². The van der Waals surface area contributed by atoms with Crippen molar-refractivity contribution in [3.63, 3.8) is 0 Å². The van der Waals surface area contributed by atoms with Crippen molar-refractivity contribution in [2.24, 2.45) is 5.92 Å². The van der Waals surface area contributed by atoms with Crippen LogP contribution in [0, 0.1) is 17.2 Å². The molecule has 0 N–H and O–H groups in total. The minimum absolute atomic E-state index is 0.647. The Kier molecular flexibility index (Phi) is 3.71. The molecule has 0 atom stereocenters. The summed E-state index contributed by atoms with van der Waals surface area (Å²) in [7, 11) is 0. The maximum absolute atomic E-state index is 8.96. The number of hydrogen-bond acceptors (Lipinski definition) is 1. The maximum atomic E-state index is 8.96. The first-order chi connectivity index (χ1) is 6.67. The Hall–Kier alpha value is -1.29. The molecular formula is C13H17N. The van der Waals surface area contributed by atoms with Gasteiger partial charge in [-0.1, -0.05) is 32.9 Å². The van der Waals surface area contributed by atoms with Gasteiger partial charge in [0.15, 0.2) is 0 Å². The van der Waals surface area contributed by atoms with Gasteiger partial charge in [0.05, 0.1) is 11.6 Å². The van der Waals surface area contributed by atoms with Crippen molar-refractivity contribution < 1.29 is 0 Å². The van der Waals surface area contributed by atoms with Crippen molar-refractivity contribution in [3.8, 4) is 6.07 Å². The molecule has 0 aliphatic rings. The molecule has 1 aromatic rings. The van der Waals surface area contributed by atoms with Gasteiger partial charge in [0.1, 0.15) is 0 Å². The van der Waals surface area contributed by atoms with Crippen molar-refractivity contribution in [3.05, 3.63) is 34.9 Å². The summed E-state index contributed by atoms with van der Waals surface area (Å²) >= 11 is 0. The average Bonchev–Trinajstić information content (AvgIpc) is 2.16. The summed E-state index contributed by atoms with van der Waals surface area (Å²) in [6.07, 6.45) is 1.99. The summed E-state index contributed by atoms with van der Waals surface area (Å²) in [6, 6.07) is 8.50. The minimum atomic E-state index is 0.647. The van der Waals surface area contributed by atoms with Crippen LogP contribution in [0.1, 0.15) is 37.5 Å². The first-order valence-electron chi connectivity index (χ1n) is 5.19. The normalized spacial score (nSPS) is 10.2. The third-order valence-corrected chi connectivity index (χ3v) is 2.32. The van der Waals surface area contributed by atoms with Crippen molar-refractivity contribution in [2.75, 3.05) is 0 Å². The number of nitriles is 1. The molecule has 0 unspecified atom stereocenters. The molecule has 0 spiro atoms. The minimum Gasteiger partial charge on any atom is -0.192 e. The van der Waals surface area contributed by atoms with Gasteiger partial charge in [-0.25, -0.2) is 0 Å². The van der Waals surface area contributed by atoms with Gasteiger partial charge in [0, 0.05) is 0 Å². The molecule has 0 bridgehead atoms. The van der Waals surface area contributed by atoms with Gasteiger partial charge in [-0.15, -0.1) is 0 Å². The molecule has 0 saturated carbocycles. The second-order valence-electron chi connectivity index (χ2n) is 4.05. The highest BCUT2D eigenvalue weighted by atomic mass is 14.2. The topological polar surface area (TPSA) is 23.8 Å². The zero-order valence-corrected chi connectivity index (χ0v) is 9.17. The molecule has 0 heterocycles. The van der Waals surface area contributed by atoms with E-state index in [0.717, 1.165) is 24.0 Å². The highest BCUT2D eigenvalue weighted by molar-refractivity contribution is 5.40. The number of rotatable bonds is 3. The van der Waals surface area contributed by atoms with Crippen molar-refractivity contribution in [1.29, 1.82) is 5.26 Å². The average molecular weight is 187 g/mol. The second kappa shape index (κ2) is 4.81. The first kappa shape index (κ1) is 10.8. The van der Waals surface area contributed by atoms with Crippen molar-refractivity contribution in [2.45, 2.75) is 33.6 Å². The predicted octanol–water partition coefficient (Wildman–Crippen LogP) is 3.32. The van der Waals surface area contributed by atoms with E-state index in [1.807, 2.05) is 6.07 Å². The predicted molar refractivity (Wildman–Crippen MR) is 59.1 cm³/mol. The molecule has 74 valence electrons. The smallest absolute Gasteiger partial charge is 0.0994 e. The first-order valence-corrected chi connectivity index (χ1v) is 5.19. The number of benzene rings is 1. The molecule has 1 rings (SSSR count). The monoisotopic (exact) mass is 187 g/mol. The Morgan fingerprint density at radius 3 is 2.57 bits per heavy atom. The Balaban J connectivity index is 2.97. The molecule has 1 nitrogen and oxygen atoms in total. The summed E-state index contributed by atoms with van der Waals surface area (Å²) in [5.41, 5.74) is 3.26. The van der Waals surface area contributed by atoms with E-state index in [1.165, 1.54) is 5.56 Å². The quantitative estimate of drug-likeness (QED) is 0.712. The van der Waals surface area contributed by atoms with Crippen molar-refractivity contribution in [1.82, 2.24) is 0 Å². The van der Waals surface area contributed by atoms with Crippen LogP contribution >= 0.6 is 0 Å². The molecule has 1 aromatic carbocycles. The van der Waals surface area contributed by atoms with E-state index in [0.29, 0.717) is 5.92 Å². The molecule has 0 saturated heterocycles. The van der Waals surface area contributed by atoms with Gasteiger partial charge in [-0.2, -0.15) is 5.26 Å². The lowest BCUT2D eigenvalue weighted by Gasteiger charge is -2.07. The van der Waals surface area contributed by atoms with Crippen LogP contribution in [0.15, 0.2) is 18.2 Å². The van der Waals surface area contributed by atoms with E-state index < -0.39 is 0 Å². The Morgan fingerprint density at radius 1 is 1.36 bits per heavy atom. The summed E-state index contributed by atoms with van der Waals surface area (Å²) in [4.78, 5) is 0. The molecule has 14 heavy (non-hydrogen) atoms. The molecule has 0 fully saturated rings. The van der Waals surface area contributed by atoms with Gasteiger partial charge in [0.25, 0.3) is 0 Å². The van der Waals surface area contributed by atoms with E-state index in [1.54, 1.807) is 0 Å². The zero-order valence-electron chi connectivity index (χ0n) is 9.17. The van der Waals surface area contributed by atoms with Crippen molar-refractivity contribution >= 4 is 0 Å². The second-order valence-corrected chi connectivity index (χ2v) is 4.05. The fraction of sp³-hybridized carbons (Fsp3) is 0.462. The third-order valence-electron chi connectivity index (χ3n) is 2.32. The SMILES string of the molecule is CCc1ccc(CC(C)C)cc1C#N. The summed E-state index contributed by atoms with van der Waals surface area (Å²) in [6.45, 7) is 6.47. The molecule has 1 heteroatoms. The lowest BCUT2D eigenvalue weighted by Crippen LogP contribution is -1.96. The highest BCUT2D eigenvalue weighted by Gasteiger charge is 2.03. The standard InChI is InChI=1S/C13H17N/c1-4-12-6-5-11(7-10(2)3)8-13(12)9-14/h5-6,8,10H,4,7H2,1-3H3. The summed E-state index contributed by atoms with van der Waals surface area (Å²) in [5.74, 6) is 0.647. The van der Waals surface area contributed by atoms with Crippen LogP contribution in [0.25, 0.3) is 0 Å². The fourth-order valence-electron chi connectivity index (χ4n) is 1.63. The Labute approximate surface area is 86.4 Å². The summed E-state index contributed by atoms with van der Waals surface area (Å²) in [5, 5.41) is 8.96. The fourth-order valence-corrected chi connectivity index (χ4v) is 1.63. The van der Waals surface area contributed by atoms with Crippen LogP contribution < -0.4 is 0 Å². The van der Waals surface area contributed by atoms with Crippen LogP contribution in [0.4, 0.5) is 0 Å². The highest BCUT2D eigenvalue weighted by Crippen LogP contribution is 2.14. The molecule has 0 radical (unpaired) electrons. The zero-order chi connectivity index (χ0) is 10.6. The lowest BCUT2D eigenvalue weighted by atomic mass is 9.97. The van der Waals surface area contributed by atoms with Crippen LogP contribution in [0.3, 0.4) is 0 Å². The number of aryl methyl sites for hydroxylation is 1. The van der Waals surface area contributed by atoms with E-state index in [4.69, 9.17) is 5.26 Å². The van der Waals surface area contributed by atoms with E-state index in [-0.39, 0.29) is 0 Å². The van der Waals surface area contributed by atoms with Gasteiger partial charge in [-0.3, -0.25) is 0 Å². The van der Waals surface area contributed by atoms with Crippen LogP contribution in [-0.2, 0) is 12.8 Å². The lowest BCUT2D eigenvalue weighted by molar-refractivity contribution is 0.647. The van der Waals surface area contributed by atoms with Gasteiger partial charge in [-0.05, 0) is 36.0 Å².